The van der Waals surface area contributed by atoms with E-state index in [2.05, 4.69) is 36.1 Å². The molecule has 0 saturated carbocycles. The summed E-state index contributed by atoms with van der Waals surface area (Å²) in [4.78, 5) is 15.8. The highest BCUT2D eigenvalue weighted by Gasteiger charge is 2.45. The molecule has 0 bridgehead atoms. The minimum Gasteiger partial charge on any atom is -0.378 e. The van der Waals surface area contributed by atoms with E-state index < -0.39 is 5.54 Å². The van der Waals surface area contributed by atoms with Crippen molar-refractivity contribution in [3.8, 4) is 0 Å². The fourth-order valence-electron chi connectivity index (χ4n) is 3.62. The van der Waals surface area contributed by atoms with Gasteiger partial charge in [0.1, 0.15) is 0 Å². The van der Waals surface area contributed by atoms with Gasteiger partial charge in [0.15, 0.2) is 5.78 Å². The van der Waals surface area contributed by atoms with Crippen LogP contribution in [0.25, 0.3) is 0 Å². The van der Waals surface area contributed by atoms with Gasteiger partial charge in [-0.25, -0.2) is 0 Å². The van der Waals surface area contributed by atoms with Gasteiger partial charge in [-0.2, -0.15) is 0 Å². The molecule has 1 aliphatic heterocycles. The Morgan fingerprint density at radius 2 is 1.57 bits per heavy atom. The third-order valence-corrected chi connectivity index (χ3v) is 5.85. The number of ketones is 1. The van der Waals surface area contributed by atoms with Crippen molar-refractivity contribution in [2.24, 2.45) is 11.1 Å². The molecule has 28 heavy (non-hydrogen) atoms. The number of hydrogen-bond acceptors (Lipinski definition) is 4. The summed E-state index contributed by atoms with van der Waals surface area (Å²) in [7, 11) is 0. The number of nitrogens with zero attached hydrogens (tertiary/aromatic N) is 1. The zero-order valence-corrected chi connectivity index (χ0v) is 17.5. The average molecular weight is 381 g/mol. The van der Waals surface area contributed by atoms with Crippen LogP contribution < -0.4 is 10.6 Å². The number of rotatable bonds is 5. The monoisotopic (exact) mass is 380 g/mol. The number of carbonyl (C=O) groups is 1. The van der Waals surface area contributed by atoms with Crippen LogP contribution in [0.3, 0.4) is 0 Å². The van der Waals surface area contributed by atoms with E-state index in [1.165, 1.54) is 5.56 Å². The van der Waals surface area contributed by atoms with E-state index in [0.717, 1.165) is 37.6 Å². The highest BCUT2D eigenvalue weighted by Crippen LogP contribution is 2.35. The molecule has 0 aliphatic carbocycles. The number of carbonyl (C=O) groups excluding carboxylic acids is 1. The number of ether oxygens (including phenoxy) is 1. The molecule has 1 heterocycles. The van der Waals surface area contributed by atoms with Gasteiger partial charge < -0.3 is 15.4 Å². The zero-order chi connectivity index (χ0) is 20.4. The van der Waals surface area contributed by atoms with Gasteiger partial charge >= 0.3 is 0 Å². The number of benzene rings is 2. The Morgan fingerprint density at radius 1 is 1.00 bits per heavy atom. The second-order valence-corrected chi connectivity index (χ2v) is 8.86. The van der Waals surface area contributed by atoms with E-state index in [-0.39, 0.29) is 11.2 Å². The SMILES string of the molecule is Cc1ccc(CC(N)(C(=O)c2ccc(N3CCOCC3)cc2)C(C)(C)C)cc1. The first-order chi connectivity index (χ1) is 13.2. The molecule has 2 N–H and O–H groups in total. The van der Waals surface area contributed by atoms with Gasteiger partial charge in [-0.15, -0.1) is 0 Å². The largest absolute Gasteiger partial charge is 0.378 e. The highest BCUT2D eigenvalue weighted by molar-refractivity contribution is 6.04. The smallest absolute Gasteiger partial charge is 0.183 e. The Hall–Kier alpha value is -2.17. The Kier molecular flexibility index (Phi) is 5.92. The van der Waals surface area contributed by atoms with E-state index in [1.807, 2.05) is 45.0 Å². The molecule has 1 aliphatic rings. The molecular weight excluding hydrogens is 348 g/mol. The maximum atomic E-state index is 13.5. The van der Waals surface area contributed by atoms with E-state index in [4.69, 9.17) is 10.5 Å². The van der Waals surface area contributed by atoms with Gasteiger partial charge in [0.2, 0.25) is 0 Å². The quantitative estimate of drug-likeness (QED) is 0.797. The number of morpholine rings is 1. The number of hydrogen-bond donors (Lipinski definition) is 1. The van der Waals surface area contributed by atoms with E-state index in [1.54, 1.807) is 0 Å². The molecule has 2 aromatic rings. The van der Waals surface area contributed by atoms with Crippen molar-refractivity contribution in [3.63, 3.8) is 0 Å². The lowest BCUT2D eigenvalue weighted by Crippen LogP contribution is -2.59. The second-order valence-electron chi connectivity index (χ2n) is 8.86. The number of anilines is 1. The molecule has 0 aromatic heterocycles. The minimum absolute atomic E-state index is 0.00546. The predicted molar refractivity (Wildman–Crippen MR) is 115 cm³/mol. The zero-order valence-electron chi connectivity index (χ0n) is 17.5. The number of Topliss-reactive ketones (excluding diaryl/α,β-unsaturated/α-hetero) is 1. The fourth-order valence-corrected chi connectivity index (χ4v) is 3.62. The van der Waals surface area contributed by atoms with Crippen LogP contribution in [0, 0.1) is 12.3 Å². The first-order valence-corrected chi connectivity index (χ1v) is 10.0. The Morgan fingerprint density at radius 3 is 2.11 bits per heavy atom. The Labute approximate surface area is 168 Å². The third kappa shape index (κ3) is 4.29. The van der Waals surface area contributed by atoms with Crippen molar-refractivity contribution >= 4 is 11.5 Å². The lowest BCUT2D eigenvalue weighted by atomic mass is 9.67. The van der Waals surface area contributed by atoms with Crippen LogP contribution in [0.2, 0.25) is 0 Å². The Balaban J connectivity index is 1.85. The highest BCUT2D eigenvalue weighted by atomic mass is 16.5. The van der Waals surface area contributed by atoms with Crippen molar-refractivity contribution < 1.29 is 9.53 Å². The summed E-state index contributed by atoms with van der Waals surface area (Å²) in [5.41, 5.74) is 9.54. The lowest BCUT2D eigenvalue weighted by molar-refractivity contribution is 0.0746. The molecule has 150 valence electrons. The molecule has 1 unspecified atom stereocenters. The van der Waals surface area contributed by atoms with Crippen LogP contribution in [0.4, 0.5) is 5.69 Å². The summed E-state index contributed by atoms with van der Waals surface area (Å²) < 4.78 is 5.42. The first-order valence-electron chi connectivity index (χ1n) is 10.0. The summed E-state index contributed by atoms with van der Waals surface area (Å²) in [5.74, 6) is -0.00546. The standard InChI is InChI=1S/C24H32N2O2/c1-18-5-7-19(8-6-18)17-24(25,23(2,3)4)22(27)20-9-11-21(12-10-20)26-13-15-28-16-14-26/h5-12H,13-17,25H2,1-4H3. The molecule has 4 heteroatoms. The van der Waals surface area contributed by atoms with Crippen LogP contribution in [-0.2, 0) is 11.2 Å². The maximum absolute atomic E-state index is 13.5. The molecular formula is C24H32N2O2. The molecule has 0 amide bonds. The minimum atomic E-state index is -0.983. The fraction of sp³-hybridized carbons (Fsp3) is 0.458. The van der Waals surface area contributed by atoms with Gasteiger partial charge in [-0.05, 0) is 48.6 Å². The molecule has 4 nitrogen and oxygen atoms in total. The first kappa shape index (κ1) is 20.6. The van der Waals surface area contributed by atoms with Crippen LogP contribution in [-0.4, -0.2) is 37.6 Å². The molecule has 1 atom stereocenters. The molecule has 1 saturated heterocycles. The summed E-state index contributed by atoms with van der Waals surface area (Å²) in [5, 5.41) is 0. The van der Waals surface area contributed by atoms with Crippen LogP contribution >= 0.6 is 0 Å². The summed E-state index contributed by atoms with van der Waals surface area (Å²) in [6.45, 7) is 11.4. The third-order valence-electron chi connectivity index (χ3n) is 5.85. The van der Waals surface area contributed by atoms with Crippen molar-refractivity contribution in [2.45, 2.75) is 39.7 Å². The van der Waals surface area contributed by atoms with E-state index >= 15 is 0 Å². The van der Waals surface area contributed by atoms with Crippen LogP contribution in [0.15, 0.2) is 48.5 Å². The maximum Gasteiger partial charge on any atom is 0.183 e. The molecule has 0 radical (unpaired) electrons. The number of nitrogens with two attached hydrogens (primary N) is 1. The van der Waals surface area contributed by atoms with Crippen molar-refractivity contribution in [1.82, 2.24) is 0 Å². The molecule has 2 aromatic carbocycles. The lowest BCUT2D eigenvalue weighted by Gasteiger charge is -2.40. The molecule has 0 spiro atoms. The molecule has 1 fully saturated rings. The van der Waals surface area contributed by atoms with Crippen molar-refractivity contribution in [3.05, 3.63) is 65.2 Å². The van der Waals surface area contributed by atoms with Crippen LogP contribution in [0.5, 0.6) is 0 Å². The Bertz CT molecular complexity index is 800. The van der Waals surface area contributed by atoms with Crippen molar-refractivity contribution in [1.29, 1.82) is 0 Å². The summed E-state index contributed by atoms with van der Waals surface area (Å²) in [6.07, 6.45) is 0.515. The van der Waals surface area contributed by atoms with Crippen molar-refractivity contribution in [2.75, 3.05) is 31.2 Å². The van der Waals surface area contributed by atoms with E-state index in [0.29, 0.717) is 12.0 Å². The topological polar surface area (TPSA) is 55.6 Å². The van der Waals surface area contributed by atoms with Gasteiger partial charge in [0, 0.05) is 24.3 Å². The normalized spacial score (nSPS) is 17.2. The van der Waals surface area contributed by atoms with Gasteiger partial charge in [0.25, 0.3) is 0 Å². The van der Waals surface area contributed by atoms with Gasteiger partial charge in [-0.1, -0.05) is 50.6 Å². The number of aryl methyl sites for hydroxylation is 1. The van der Waals surface area contributed by atoms with Gasteiger partial charge in [-0.3, -0.25) is 4.79 Å². The van der Waals surface area contributed by atoms with Gasteiger partial charge in [0.05, 0.1) is 18.8 Å². The summed E-state index contributed by atoms with van der Waals surface area (Å²) in [6, 6.07) is 16.1. The second kappa shape index (κ2) is 8.06. The predicted octanol–water partition coefficient (Wildman–Crippen LogP) is 4.00. The molecule has 3 rings (SSSR count). The van der Waals surface area contributed by atoms with E-state index in [9.17, 15) is 4.79 Å². The average Bonchev–Trinajstić information content (AvgIpc) is 2.69. The summed E-state index contributed by atoms with van der Waals surface area (Å²) >= 11 is 0. The van der Waals surface area contributed by atoms with Crippen LogP contribution in [0.1, 0.15) is 42.3 Å².